The highest BCUT2D eigenvalue weighted by molar-refractivity contribution is 7.12. The fraction of sp³-hybridized carbons (Fsp3) is 0.167. The highest BCUT2D eigenvalue weighted by Crippen LogP contribution is 2.33. The first-order valence-electron chi connectivity index (χ1n) is 5.38. The van der Waals surface area contributed by atoms with E-state index in [9.17, 15) is 18.0 Å². The van der Waals surface area contributed by atoms with Gasteiger partial charge in [0.25, 0.3) is 5.91 Å². The van der Waals surface area contributed by atoms with Crippen molar-refractivity contribution >= 4 is 22.9 Å². The summed E-state index contributed by atoms with van der Waals surface area (Å²) in [6.45, 7) is 0. The van der Waals surface area contributed by atoms with Crippen molar-refractivity contribution in [3.63, 3.8) is 0 Å². The van der Waals surface area contributed by atoms with Crippen molar-refractivity contribution in [3.8, 4) is 5.75 Å². The van der Waals surface area contributed by atoms with Crippen LogP contribution in [0, 0.1) is 0 Å². The standard InChI is InChI=1S/C12H9F3N2O2S/c1-19-8-4-2-7(3-5-8)17-11(18)9-10(12(13,14)15)16-6-20-9/h2-6H,1H3,(H,17,18). The third-order valence-electron chi connectivity index (χ3n) is 2.39. The Kier molecular flexibility index (Phi) is 3.93. The number of hydrogen-bond donors (Lipinski definition) is 1. The molecule has 2 aromatic rings. The molecule has 0 aliphatic rings. The number of carbonyl (C=O) groups is 1. The summed E-state index contributed by atoms with van der Waals surface area (Å²) in [5, 5.41) is 2.38. The second kappa shape index (κ2) is 5.49. The average Bonchev–Trinajstić information content (AvgIpc) is 2.89. The van der Waals surface area contributed by atoms with E-state index in [2.05, 4.69) is 10.3 Å². The quantitative estimate of drug-likeness (QED) is 0.945. The lowest BCUT2D eigenvalue weighted by Gasteiger charge is -2.08. The van der Waals surface area contributed by atoms with Crippen LogP contribution in [0.15, 0.2) is 29.8 Å². The molecule has 8 heteroatoms. The van der Waals surface area contributed by atoms with E-state index in [-0.39, 0.29) is 0 Å². The van der Waals surface area contributed by atoms with Gasteiger partial charge in [-0.1, -0.05) is 0 Å². The van der Waals surface area contributed by atoms with Gasteiger partial charge in [0, 0.05) is 5.69 Å². The van der Waals surface area contributed by atoms with Crippen LogP contribution in [0.25, 0.3) is 0 Å². The number of rotatable bonds is 3. The van der Waals surface area contributed by atoms with Crippen molar-refractivity contribution in [1.82, 2.24) is 4.98 Å². The lowest BCUT2D eigenvalue weighted by atomic mass is 10.3. The summed E-state index contributed by atoms with van der Waals surface area (Å²) in [6.07, 6.45) is -4.65. The number of hydrogen-bond acceptors (Lipinski definition) is 4. The molecule has 0 bridgehead atoms. The van der Waals surface area contributed by atoms with Crippen LogP contribution in [-0.4, -0.2) is 18.0 Å². The van der Waals surface area contributed by atoms with E-state index in [0.717, 1.165) is 5.51 Å². The zero-order chi connectivity index (χ0) is 14.8. The number of nitrogens with one attached hydrogen (secondary N) is 1. The molecule has 0 unspecified atom stereocenters. The van der Waals surface area contributed by atoms with E-state index < -0.39 is 22.7 Å². The van der Waals surface area contributed by atoms with Gasteiger partial charge in [0.05, 0.1) is 12.6 Å². The van der Waals surface area contributed by atoms with Gasteiger partial charge in [0.15, 0.2) is 5.69 Å². The van der Waals surface area contributed by atoms with Gasteiger partial charge in [-0.25, -0.2) is 4.98 Å². The molecule has 4 nitrogen and oxygen atoms in total. The van der Waals surface area contributed by atoms with Gasteiger partial charge >= 0.3 is 6.18 Å². The smallest absolute Gasteiger partial charge is 0.434 e. The summed E-state index contributed by atoms with van der Waals surface area (Å²) in [6, 6.07) is 6.25. The molecule has 0 radical (unpaired) electrons. The molecular weight excluding hydrogens is 293 g/mol. The fourth-order valence-corrected chi connectivity index (χ4v) is 2.17. The minimum absolute atomic E-state index is 0.373. The number of ether oxygens (including phenoxy) is 1. The Hall–Kier alpha value is -2.09. The van der Waals surface area contributed by atoms with Gasteiger partial charge in [-0.15, -0.1) is 11.3 Å². The first-order valence-corrected chi connectivity index (χ1v) is 6.26. The molecule has 1 N–H and O–H groups in total. The van der Waals surface area contributed by atoms with E-state index in [1.807, 2.05) is 0 Å². The predicted octanol–water partition coefficient (Wildman–Crippen LogP) is 3.42. The highest BCUT2D eigenvalue weighted by atomic mass is 32.1. The van der Waals surface area contributed by atoms with Crippen LogP contribution in [0.5, 0.6) is 5.75 Å². The van der Waals surface area contributed by atoms with E-state index in [0.29, 0.717) is 22.8 Å². The maximum atomic E-state index is 12.6. The van der Waals surface area contributed by atoms with Crippen LogP contribution < -0.4 is 10.1 Å². The van der Waals surface area contributed by atoms with Crippen molar-refractivity contribution in [3.05, 3.63) is 40.3 Å². The Morgan fingerprint density at radius 2 is 1.95 bits per heavy atom. The maximum Gasteiger partial charge on any atom is 0.434 e. The van der Waals surface area contributed by atoms with Gasteiger partial charge < -0.3 is 10.1 Å². The number of halogens is 3. The summed E-state index contributed by atoms with van der Waals surface area (Å²) in [4.78, 5) is 14.6. The molecule has 20 heavy (non-hydrogen) atoms. The topological polar surface area (TPSA) is 51.2 Å². The molecule has 2 rings (SSSR count). The Balaban J connectivity index is 2.18. The SMILES string of the molecule is COc1ccc(NC(=O)c2scnc2C(F)(F)F)cc1. The lowest BCUT2D eigenvalue weighted by Crippen LogP contribution is -2.17. The predicted molar refractivity (Wildman–Crippen MR) is 68.1 cm³/mol. The van der Waals surface area contributed by atoms with Gasteiger partial charge in [-0.2, -0.15) is 13.2 Å². The molecule has 0 saturated carbocycles. The Morgan fingerprint density at radius 1 is 1.30 bits per heavy atom. The minimum atomic E-state index is -4.65. The highest BCUT2D eigenvalue weighted by Gasteiger charge is 2.38. The molecule has 1 aromatic carbocycles. The molecule has 0 atom stereocenters. The molecule has 0 saturated heterocycles. The number of aromatic nitrogens is 1. The first-order chi connectivity index (χ1) is 9.41. The summed E-state index contributed by atoms with van der Waals surface area (Å²) in [5.74, 6) is -0.262. The van der Waals surface area contributed by atoms with Crippen LogP contribution in [0.2, 0.25) is 0 Å². The molecular formula is C12H9F3N2O2S. The van der Waals surface area contributed by atoms with Crippen LogP contribution in [0.4, 0.5) is 18.9 Å². The summed E-state index contributed by atoms with van der Waals surface area (Å²) in [5.41, 5.74) is 0.192. The number of methoxy groups -OCH3 is 1. The van der Waals surface area contributed by atoms with Crippen molar-refractivity contribution in [1.29, 1.82) is 0 Å². The Labute approximate surface area is 116 Å². The fourth-order valence-electron chi connectivity index (χ4n) is 1.47. The third kappa shape index (κ3) is 3.08. The van der Waals surface area contributed by atoms with Crippen LogP contribution in [0.3, 0.4) is 0 Å². The molecule has 0 aliphatic carbocycles. The van der Waals surface area contributed by atoms with Gasteiger partial charge in [-0.3, -0.25) is 4.79 Å². The number of anilines is 1. The molecule has 106 valence electrons. The summed E-state index contributed by atoms with van der Waals surface area (Å²) < 4.78 is 42.8. The monoisotopic (exact) mass is 302 g/mol. The van der Waals surface area contributed by atoms with Gasteiger partial charge in [-0.05, 0) is 24.3 Å². The number of alkyl halides is 3. The summed E-state index contributed by atoms with van der Waals surface area (Å²) >= 11 is 0.644. The number of carbonyl (C=O) groups excluding carboxylic acids is 1. The Bertz CT molecular complexity index is 608. The average molecular weight is 302 g/mol. The second-order valence-corrected chi connectivity index (χ2v) is 4.57. The number of nitrogens with zero attached hydrogens (tertiary/aromatic N) is 1. The molecule has 0 spiro atoms. The van der Waals surface area contributed by atoms with E-state index >= 15 is 0 Å². The van der Waals surface area contributed by atoms with E-state index in [1.165, 1.54) is 19.2 Å². The number of thiazole rings is 1. The van der Waals surface area contributed by atoms with Crippen LogP contribution in [0.1, 0.15) is 15.4 Å². The van der Waals surface area contributed by atoms with Crippen molar-refractivity contribution in [2.75, 3.05) is 12.4 Å². The van der Waals surface area contributed by atoms with E-state index in [4.69, 9.17) is 4.74 Å². The van der Waals surface area contributed by atoms with Crippen LogP contribution >= 0.6 is 11.3 Å². The molecule has 0 fully saturated rings. The number of amides is 1. The molecule has 1 heterocycles. The van der Waals surface area contributed by atoms with Crippen molar-refractivity contribution in [2.24, 2.45) is 0 Å². The van der Waals surface area contributed by atoms with Gasteiger partial charge in [0.1, 0.15) is 10.6 Å². The second-order valence-electron chi connectivity index (χ2n) is 3.71. The maximum absolute atomic E-state index is 12.6. The summed E-state index contributed by atoms with van der Waals surface area (Å²) in [7, 11) is 1.49. The molecule has 0 aliphatic heterocycles. The normalized spacial score (nSPS) is 11.2. The molecule has 1 amide bonds. The van der Waals surface area contributed by atoms with Crippen molar-refractivity contribution < 1.29 is 22.7 Å². The number of benzene rings is 1. The van der Waals surface area contributed by atoms with Crippen LogP contribution in [-0.2, 0) is 6.18 Å². The Morgan fingerprint density at radius 3 is 2.50 bits per heavy atom. The molecule has 1 aromatic heterocycles. The van der Waals surface area contributed by atoms with Crippen molar-refractivity contribution in [2.45, 2.75) is 6.18 Å². The minimum Gasteiger partial charge on any atom is -0.497 e. The van der Waals surface area contributed by atoms with E-state index in [1.54, 1.807) is 12.1 Å². The zero-order valence-corrected chi connectivity index (χ0v) is 11.0. The first kappa shape index (κ1) is 14.3. The third-order valence-corrected chi connectivity index (χ3v) is 3.22. The lowest BCUT2D eigenvalue weighted by molar-refractivity contribution is -0.141. The van der Waals surface area contributed by atoms with Gasteiger partial charge in [0.2, 0.25) is 0 Å². The zero-order valence-electron chi connectivity index (χ0n) is 10.2. The largest absolute Gasteiger partial charge is 0.497 e.